The molecule has 158 valence electrons. The Balaban J connectivity index is 1.50. The second-order valence-electron chi connectivity index (χ2n) is 8.63. The Hall–Kier alpha value is -2.60. The van der Waals surface area contributed by atoms with Gasteiger partial charge in [0.2, 0.25) is 0 Å². The van der Waals surface area contributed by atoms with Gasteiger partial charge in [-0.25, -0.2) is 0 Å². The van der Waals surface area contributed by atoms with E-state index in [9.17, 15) is 5.11 Å². The van der Waals surface area contributed by atoms with Crippen molar-refractivity contribution >= 4 is 16.5 Å². The first-order valence-electron chi connectivity index (χ1n) is 10.5. The molecule has 1 aliphatic rings. The van der Waals surface area contributed by atoms with E-state index in [0.29, 0.717) is 13.2 Å². The SMILES string of the molecule is CC1(C)CN(CC(O)COc2cc(-c3cccc(N)c3)c3ccccc3c2)CCO1. The Labute approximate surface area is 178 Å². The summed E-state index contributed by atoms with van der Waals surface area (Å²) in [6.07, 6.45) is -0.568. The molecule has 5 heteroatoms. The van der Waals surface area contributed by atoms with E-state index < -0.39 is 6.10 Å². The van der Waals surface area contributed by atoms with Crippen molar-refractivity contribution in [3.8, 4) is 16.9 Å². The van der Waals surface area contributed by atoms with Gasteiger partial charge in [0.05, 0.1) is 12.2 Å². The summed E-state index contributed by atoms with van der Waals surface area (Å²) in [7, 11) is 0. The molecule has 0 radical (unpaired) electrons. The third-order valence-electron chi connectivity index (χ3n) is 5.45. The van der Waals surface area contributed by atoms with Crippen molar-refractivity contribution in [2.24, 2.45) is 0 Å². The molecule has 0 bridgehead atoms. The lowest BCUT2D eigenvalue weighted by molar-refractivity contribution is -0.0947. The second kappa shape index (κ2) is 8.64. The number of nitrogen functional groups attached to an aromatic ring is 1. The van der Waals surface area contributed by atoms with Crippen molar-refractivity contribution in [3.05, 3.63) is 60.7 Å². The number of morpholine rings is 1. The van der Waals surface area contributed by atoms with Crippen molar-refractivity contribution in [1.29, 1.82) is 0 Å². The van der Waals surface area contributed by atoms with Crippen LogP contribution in [0.4, 0.5) is 5.69 Å². The summed E-state index contributed by atoms with van der Waals surface area (Å²) in [5.41, 5.74) is 8.68. The average Bonchev–Trinajstić information content (AvgIpc) is 2.71. The highest BCUT2D eigenvalue weighted by Gasteiger charge is 2.28. The van der Waals surface area contributed by atoms with E-state index in [1.54, 1.807) is 0 Å². The van der Waals surface area contributed by atoms with Crippen LogP contribution in [0.1, 0.15) is 13.8 Å². The van der Waals surface area contributed by atoms with Crippen molar-refractivity contribution < 1.29 is 14.6 Å². The lowest BCUT2D eigenvalue weighted by Gasteiger charge is -2.38. The highest BCUT2D eigenvalue weighted by molar-refractivity contribution is 5.98. The van der Waals surface area contributed by atoms with Gasteiger partial charge >= 0.3 is 0 Å². The molecule has 1 aliphatic heterocycles. The van der Waals surface area contributed by atoms with Gasteiger partial charge in [-0.05, 0) is 60.0 Å². The third kappa shape index (κ3) is 4.93. The third-order valence-corrected chi connectivity index (χ3v) is 5.45. The van der Waals surface area contributed by atoms with Crippen LogP contribution in [0.5, 0.6) is 5.75 Å². The van der Waals surface area contributed by atoms with Crippen molar-refractivity contribution in [3.63, 3.8) is 0 Å². The van der Waals surface area contributed by atoms with Crippen LogP contribution in [-0.4, -0.2) is 54.6 Å². The summed E-state index contributed by atoms with van der Waals surface area (Å²) >= 11 is 0. The quantitative estimate of drug-likeness (QED) is 0.607. The molecule has 0 spiro atoms. The molecule has 0 saturated carbocycles. The van der Waals surface area contributed by atoms with E-state index in [1.165, 1.54) is 0 Å². The summed E-state index contributed by atoms with van der Waals surface area (Å²) in [5.74, 6) is 0.743. The highest BCUT2D eigenvalue weighted by Crippen LogP contribution is 2.34. The number of anilines is 1. The number of aliphatic hydroxyl groups excluding tert-OH is 1. The summed E-state index contributed by atoms with van der Waals surface area (Å²) in [5, 5.41) is 12.8. The minimum Gasteiger partial charge on any atom is -0.491 e. The molecule has 3 aromatic rings. The zero-order valence-electron chi connectivity index (χ0n) is 17.7. The van der Waals surface area contributed by atoms with Crippen LogP contribution in [0.2, 0.25) is 0 Å². The van der Waals surface area contributed by atoms with Crippen LogP contribution >= 0.6 is 0 Å². The molecule has 3 N–H and O–H groups in total. The number of nitrogens with zero attached hydrogens (tertiary/aromatic N) is 1. The first-order valence-corrected chi connectivity index (χ1v) is 10.5. The van der Waals surface area contributed by atoms with Crippen LogP contribution in [0.3, 0.4) is 0 Å². The molecular weight excluding hydrogens is 376 g/mol. The molecular formula is C25H30N2O3. The van der Waals surface area contributed by atoms with Crippen LogP contribution in [-0.2, 0) is 4.74 Å². The first kappa shape index (κ1) is 20.7. The van der Waals surface area contributed by atoms with Gasteiger partial charge in [0.1, 0.15) is 18.5 Å². The summed E-state index contributed by atoms with van der Waals surface area (Å²) < 4.78 is 11.8. The lowest BCUT2D eigenvalue weighted by Crippen LogP contribution is -2.50. The van der Waals surface area contributed by atoms with Gasteiger partial charge in [0.25, 0.3) is 0 Å². The number of hydrogen-bond acceptors (Lipinski definition) is 5. The fraction of sp³-hybridized carbons (Fsp3) is 0.360. The number of rotatable bonds is 6. The van der Waals surface area contributed by atoms with Crippen molar-refractivity contribution in [2.45, 2.75) is 25.6 Å². The maximum atomic E-state index is 10.5. The smallest absolute Gasteiger partial charge is 0.120 e. The Kier molecular flexibility index (Phi) is 5.95. The van der Waals surface area contributed by atoms with E-state index in [4.69, 9.17) is 15.2 Å². The molecule has 5 nitrogen and oxygen atoms in total. The minimum absolute atomic E-state index is 0.177. The van der Waals surface area contributed by atoms with Crippen molar-refractivity contribution in [1.82, 2.24) is 4.90 Å². The van der Waals surface area contributed by atoms with Gasteiger partial charge in [-0.2, -0.15) is 0 Å². The van der Waals surface area contributed by atoms with Crippen LogP contribution in [0.15, 0.2) is 60.7 Å². The molecule has 0 aliphatic carbocycles. The Morgan fingerprint density at radius 2 is 1.97 bits per heavy atom. The molecule has 1 heterocycles. The number of fused-ring (bicyclic) bond motifs is 1. The molecule has 4 rings (SSSR count). The monoisotopic (exact) mass is 406 g/mol. The first-order chi connectivity index (χ1) is 14.4. The number of nitrogens with two attached hydrogens (primary N) is 1. The summed E-state index contributed by atoms with van der Waals surface area (Å²) in [6, 6.07) is 20.2. The van der Waals surface area contributed by atoms with E-state index in [-0.39, 0.29) is 12.2 Å². The van der Waals surface area contributed by atoms with E-state index in [1.807, 2.05) is 42.5 Å². The molecule has 1 unspecified atom stereocenters. The van der Waals surface area contributed by atoms with Crippen LogP contribution < -0.4 is 10.5 Å². The molecule has 3 aromatic carbocycles. The predicted octanol–water partition coefficient (Wildman–Crippen LogP) is 3.94. The minimum atomic E-state index is -0.568. The topological polar surface area (TPSA) is 68.0 Å². The van der Waals surface area contributed by atoms with Gasteiger partial charge in [-0.1, -0.05) is 36.4 Å². The summed E-state index contributed by atoms with van der Waals surface area (Å²) in [4.78, 5) is 2.23. The van der Waals surface area contributed by atoms with Gasteiger partial charge < -0.3 is 20.3 Å². The fourth-order valence-electron chi connectivity index (χ4n) is 4.12. The van der Waals surface area contributed by atoms with Gasteiger partial charge in [0.15, 0.2) is 0 Å². The van der Waals surface area contributed by atoms with Gasteiger partial charge in [-0.3, -0.25) is 4.90 Å². The molecule has 30 heavy (non-hydrogen) atoms. The zero-order chi connectivity index (χ0) is 21.1. The maximum Gasteiger partial charge on any atom is 0.120 e. The van der Waals surface area contributed by atoms with Gasteiger partial charge in [-0.15, -0.1) is 0 Å². The Bertz CT molecular complexity index is 1020. The normalized spacial score (nSPS) is 17.7. The number of β-amino-alcohol motifs (C(OH)–C–C–N with tert-alkyl or cyclic N) is 1. The standard InChI is InChI=1S/C25H30N2O3/c1-25(2)17-27(10-11-30-25)15-21(28)16-29-22-13-19-6-3-4-9-23(19)24(14-22)18-7-5-8-20(26)12-18/h3-9,12-14,21,28H,10-11,15-17,26H2,1-2H3. The number of benzene rings is 3. The number of hydrogen-bond donors (Lipinski definition) is 2. The lowest BCUT2D eigenvalue weighted by atomic mass is 9.97. The predicted molar refractivity (Wildman–Crippen MR) is 122 cm³/mol. The number of aliphatic hydroxyl groups is 1. The largest absolute Gasteiger partial charge is 0.491 e. The van der Waals surface area contributed by atoms with Crippen molar-refractivity contribution in [2.75, 3.05) is 38.6 Å². The second-order valence-corrected chi connectivity index (χ2v) is 8.63. The summed E-state index contributed by atoms with van der Waals surface area (Å²) in [6.45, 7) is 7.30. The number of ether oxygens (including phenoxy) is 2. The van der Waals surface area contributed by atoms with Gasteiger partial charge in [0, 0.05) is 25.3 Å². The highest BCUT2D eigenvalue weighted by atomic mass is 16.5. The van der Waals surface area contributed by atoms with Crippen LogP contribution in [0.25, 0.3) is 21.9 Å². The van der Waals surface area contributed by atoms with E-state index >= 15 is 0 Å². The Morgan fingerprint density at radius 1 is 1.13 bits per heavy atom. The average molecular weight is 407 g/mol. The van der Waals surface area contributed by atoms with E-state index in [2.05, 4.69) is 36.9 Å². The molecule has 0 aromatic heterocycles. The molecule has 1 saturated heterocycles. The van der Waals surface area contributed by atoms with Crippen LogP contribution in [0, 0.1) is 0 Å². The maximum absolute atomic E-state index is 10.5. The molecule has 0 amide bonds. The Morgan fingerprint density at radius 3 is 2.77 bits per heavy atom. The zero-order valence-corrected chi connectivity index (χ0v) is 17.7. The molecule has 1 atom stereocenters. The van der Waals surface area contributed by atoms with E-state index in [0.717, 1.165) is 46.4 Å². The molecule has 1 fully saturated rings. The fourth-order valence-corrected chi connectivity index (χ4v) is 4.12.